The van der Waals surface area contributed by atoms with Crippen LogP contribution in [0, 0.1) is 17.3 Å². The highest BCUT2D eigenvalue weighted by Crippen LogP contribution is 2.24. The van der Waals surface area contributed by atoms with Gasteiger partial charge in [-0.1, -0.05) is 34.6 Å². The molecule has 3 nitrogen and oxygen atoms in total. The Kier molecular flexibility index (Phi) is 5.13. The van der Waals surface area contributed by atoms with Crippen molar-refractivity contribution in [2.24, 2.45) is 17.3 Å². The van der Waals surface area contributed by atoms with Crippen molar-refractivity contribution in [3.63, 3.8) is 0 Å². The Morgan fingerprint density at radius 3 is 2.21 bits per heavy atom. The molecule has 0 aromatic rings. The lowest BCUT2D eigenvalue weighted by Crippen LogP contribution is -2.36. The fraction of sp³-hybridized carbons (Fsp3) is 0.909. The van der Waals surface area contributed by atoms with Crippen molar-refractivity contribution in [3.05, 3.63) is 0 Å². The van der Waals surface area contributed by atoms with Crippen LogP contribution in [0.1, 0.15) is 34.6 Å². The molecule has 14 heavy (non-hydrogen) atoms. The highest BCUT2D eigenvalue weighted by atomic mass is 16.4. The van der Waals surface area contributed by atoms with Gasteiger partial charge in [-0.3, -0.25) is 4.79 Å². The summed E-state index contributed by atoms with van der Waals surface area (Å²) >= 11 is 0. The van der Waals surface area contributed by atoms with Gasteiger partial charge in [-0.15, -0.1) is 0 Å². The van der Waals surface area contributed by atoms with Crippen molar-refractivity contribution >= 4 is 5.97 Å². The molecule has 0 amide bonds. The lowest BCUT2D eigenvalue weighted by molar-refractivity contribution is -0.140. The van der Waals surface area contributed by atoms with Gasteiger partial charge in [-0.05, 0) is 11.3 Å². The van der Waals surface area contributed by atoms with Crippen molar-refractivity contribution in [2.75, 3.05) is 13.1 Å². The van der Waals surface area contributed by atoms with E-state index in [2.05, 4.69) is 33.0 Å². The van der Waals surface area contributed by atoms with Gasteiger partial charge in [-0.2, -0.15) is 0 Å². The number of carbonyl (C=O) groups is 1. The molecular weight excluding hydrogens is 178 g/mol. The highest BCUT2D eigenvalue weighted by Gasteiger charge is 2.22. The Bertz CT molecular complexity index is 188. The number of carboxylic acid groups (broad SMARTS) is 1. The predicted octanol–water partition coefficient (Wildman–Crippen LogP) is 1.98. The van der Waals surface area contributed by atoms with E-state index in [0.29, 0.717) is 12.5 Å². The smallest absolute Gasteiger partial charge is 0.307 e. The number of nitrogens with one attached hydrogen (secondary N) is 1. The van der Waals surface area contributed by atoms with E-state index in [-0.39, 0.29) is 11.3 Å². The molecule has 84 valence electrons. The molecule has 0 aliphatic rings. The first-order chi connectivity index (χ1) is 6.27. The summed E-state index contributed by atoms with van der Waals surface area (Å²) in [5.74, 6) is -0.451. The average molecular weight is 201 g/mol. The normalized spacial score (nSPS) is 14.4. The van der Waals surface area contributed by atoms with Gasteiger partial charge in [0.15, 0.2) is 0 Å². The number of carboxylic acids is 1. The standard InChI is InChI=1S/C11H23NO2/c1-8(2)11(4,5)7-12-6-9(3)10(13)14/h8-9,12H,6-7H2,1-5H3,(H,13,14). The largest absolute Gasteiger partial charge is 0.481 e. The monoisotopic (exact) mass is 201 g/mol. The summed E-state index contributed by atoms with van der Waals surface area (Å²) in [6.07, 6.45) is 0. The van der Waals surface area contributed by atoms with Gasteiger partial charge in [0.1, 0.15) is 0 Å². The molecule has 0 bridgehead atoms. The van der Waals surface area contributed by atoms with Crippen LogP contribution in [0.3, 0.4) is 0 Å². The maximum Gasteiger partial charge on any atom is 0.307 e. The second-order valence-corrected chi connectivity index (χ2v) is 5.01. The summed E-state index contributed by atoms with van der Waals surface area (Å²) in [6.45, 7) is 11.9. The van der Waals surface area contributed by atoms with Crippen LogP contribution in [-0.4, -0.2) is 24.2 Å². The maximum absolute atomic E-state index is 10.5. The highest BCUT2D eigenvalue weighted by molar-refractivity contribution is 5.69. The third-order valence-corrected chi connectivity index (χ3v) is 3.02. The van der Waals surface area contributed by atoms with Gasteiger partial charge in [-0.25, -0.2) is 0 Å². The van der Waals surface area contributed by atoms with E-state index in [1.54, 1.807) is 6.92 Å². The molecule has 0 saturated carbocycles. The van der Waals surface area contributed by atoms with Gasteiger partial charge >= 0.3 is 5.97 Å². The van der Waals surface area contributed by atoms with Gasteiger partial charge in [0.2, 0.25) is 0 Å². The van der Waals surface area contributed by atoms with E-state index in [0.717, 1.165) is 6.54 Å². The molecule has 2 N–H and O–H groups in total. The number of hydrogen-bond donors (Lipinski definition) is 2. The number of rotatable bonds is 6. The Balaban J connectivity index is 3.79. The third-order valence-electron chi connectivity index (χ3n) is 3.02. The van der Waals surface area contributed by atoms with Crippen LogP contribution in [0.15, 0.2) is 0 Å². The van der Waals surface area contributed by atoms with Crippen molar-refractivity contribution in [2.45, 2.75) is 34.6 Å². The SMILES string of the molecule is CC(CNCC(C)(C)C(C)C)C(=O)O. The van der Waals surface area contributed by atoms with Crippen molar-refractivity contribution in [1.82, 2.24) is 5.32 Å². The van der Waals surface area contributed by atoms with Gasteiger partial charge in [0.25, 0.3) is 0 Å². The lowest BCUT2D eigenvalue weighted by atomic mass is 9.81. The Hall–Kier alpha value is -0.570. The summed E-state index contributed by atoms with van der Waals surface area (Å²) in [6, 6.07) is 0. The van der Waals surface area contributed by atoms with Crippen LogP contribution in [0.5, 0.6) is 0 Å². The molecule has 0 fully saturated rings. The topological polar surface area (TPSA) is 49.3 Å². The Labute approximate surface area is 86.9 Å². The molecule has 0 aromatic carbocycles. The fourth-order valence-electron chi connectivity index (χ4n) is 0.902. The lowest BCUT2D eigenvalue weighted by Gasteiger charge is -2.29. The average Bonchev–Trinajstić information content (AvgIpc) is 2.03. The second-order valence-electron chi connectivity index (χ2n) is 5.01. The van der Waals surface area contributed by atoms with Crippen LogP contribution in [0.2, 0.25) is 0 Å². The molecule has 0 aliphatic heterocycles. The van der Waals surface area contributed by atoms with E-state index in [1.165, 1.54) is 0 Å². The molecule has 0 saturated heterocycles. The molecule has 0 heterocycles. The first-order valence-corrected chi connectivity index (χ1v) is 5.21. The summed E-state index contributed by atoms with van der Waals surface area (Å²) in [7, 11) is 0. The Morgan fingerprint density at radius 1 is 1.36 bits per heavy atom. The molecule has 0 aromatic heterocycles. The minimum Gasteiger partial charge on any atom is -0.481 e. The quantitative estimate of drug-likeness (QED) is 0.691. The zero-order valence-corrected chi connectivity index (χ0v) is 9.92. The predicted molar refractivity (Wildman–Crippen MR) is 58.3 cm³/mol. The molecular formula is C11H23NO2. The van der Waals surface area contributed by atoms with E-state index in [4.69, 9.17) is 5.11 Å². The summed E-state index contributed by atoms with van der Waals surface area (Å²) in [4.78, 5) is 10.5. The van der Waals surface area contributed by atoms with Crippen LogP contribution in [0.25, 0.3) is 0 Å². The molecule has 1 unspecified atom stereocenters. The maximum atomic E-state index is 10.5. The molecule has 0 aliphatic carbocycles. The molecule has 0 spiro atoms. The molecule has 0 radical (unpaired) electrons. The summed E-state index contributed by atoms with van der Waals surface area (Å²) < 4.78 is 0. The minimum atomic E-state index is -0.736. The van der Waals surface area contributed by atoms with Gasteiger partial charge in [0, 0.05) is 13.1 Å². The van der Waals surface area contributed by atoms with Crippen LogP contribution < -0.4 is 5.32 Å². The van der Waals surface area contributed by atoms with E-state index in [9.17, 15) is 4.79 Å². The second kappa shape index (κ2) is 5.35. The fourth-order valence-corrected chi connectivity index (χ4v) is 0.902. The van der Waals surface area contributed by atoms with E-state index >= 15 is 0 Å². The van der Waals surface area contributed by atoms with Gasteiger partial charge < -0.3 is 10.4 Å². The minimum absolute atomic E-state index is 0.220. The van der Waals surface area contributed by atoms with Crippen LogP contribution in [0.4, 0.5) is 0 Å². The van der Waals surface area contributed by atoms with E-state index < -0.39 is 5.97 Å². The van der Waals surface area contributed by atoms with Crippen molar-refractivity contribution < 1.29 is 9.90 Å². The zero-order chi connectivity index (χ0) is 11.4. The first kappa shape index (κ1) is 13.4. The third kappa shape index (κ3) is 4.61. The Morgan fingerprint density at radius 2 is 1.86 bits per heavy atom. The van der Waals surface area contributed by atoms with Crippen molar-refractivity contribution in [3.8, 4) is 0 Å². The van der Waals surface area contributed by atoms with Crippen LogP contribution in [-0.2, 0) is 4.79 Å². The molecule has 1 atom stereocenters. The summed E-state index contributed by atoms with van der Waals surface area (Å²) in [5.41, 5.74) is 0.220. The van der Waals surface area contributed by atoms with Crippen molar-refractivity contribution in [1.29, 1.82) is 0 Å². The molecule has 0 rings (SSSR count). The number of hydrogen-bond acceptors (Lipinski definition) is 2. The number of aliphatic carboxylic acids is 1. The van der Waals surface area contributed by atoms with E-state index in [1.807, 2.05) is 0 Å². The zero-order valence-electron chi connectivity index (χ0n) is 9.92. The first-order valence-electron chi connectivity index (χ1n) is 5.21. The van der Waals surface area contributed by atoms with Crippen LogP contribution >= 0.6 is 0 Å². The molecule has 3 heteroatoms. The van der Waals surface area contributed by atoms with Gasteiger partial charge in [0.05, 0.1) is 5.92 Å². The summed E-state index contributed by atoms with van der Waals surface area (Å²) in [5, 5.41) is 11.9.